The first-order valence-corrected chi connectivity index (χ1v) is 6.59. The first-order valence-electron chi connectivity index (χ1n) is 6.59. The lowest BCUT2D eigenvalue weighted by Gasteiger charge is -2.16. The number of nitrogens with zero attached hydrogens (tertiary/aromatic N) is 2. The Morgan fingerprint density at radius 3 is 2.85 bits per heavy atom. The monoisotopic (exact) mass is 276 g/mol. The molecule has 6 heteroatoms. The van der Waals surface area contributed by atoms with Crippen molar-refractivity contribution in [3.8, 4) is 5.75 Å². The number of primary amides is 1. The fourth-order valence-corrected chi connectivity index (χ4v) is 1.82. The average molecular weight is 276 g/mol. The summed E-state index contributed by atoms with van der Waals surface area (Å²) in [6, 6.07) is 7.93. The summed E-state index contributed by atoms with van der Waals surface area (Å²) in [5, 5.41) is 0. The molecule has 0 radical (unpaired) electrons. The van der Waals surface area contributed by atoms with Crippen LogP contribution < -0.4 is 16.2 Å². The van der Waals surface area contributed by atoms with E-state index >= 15 is 0 Å². The molecule has 0 bridgehead atoms. The Morgan fingerprint density at radius 2 is 2.20 bits per heavy atom. The Labute approximate surface area is 118 Å². The zero-order valence-electron chi connectivity index (χ0n) is 11.6. The molecule has 1 aliphatic carbocycles. The number of carbonyl (C=O) groups excluding carboxylic acids is 1. The normalized spacial score (nSPS) is 14.9. The number of guanidine groups is 1. The number of hydrogen-bond donors (Lipinski definition) is 2. The third-order valence-corrected chi connectivity index (χ3v) is 3.16. The lowest BCUT2D eigenvalue weighted by molar-refractivity contribution is -0.119. The Morgan fingerprint density at radius 1 is 1.45 bits per heavy atom. The van der Waals surface area contributed by atoms with Crippen molar-refractivity contribution in [1.82, 2.24) is 4.90 Å². The van der Waals surface area contributed by atoms with Crippen LogP contribution in [0.2, 0.25) is 0 Å². The summed E-state index contributed by atoms with van der Waals surface area (Å²) >= 11 is 0. The number of aliphatic imine (C=N–C) groups is 1. The van der Waals surface area contributed by atoms with Crippen molar-refractivity contribution >= 4 is 11.9 Å². The molecule has 4 N–H and O–H groups in total. The van der Waals surface area contributed by atoms with Gasteiger partial charge >= 0.3 is 0 Å². The molecule has 1 saturated carbocycles. The van der Waals surface area contributed by atoms with Gasteiger partial charge in [-0.05, 0) is 30.5 Å². The molecule has 1 aliphatic rings. The van der Waals surface area contributed by atoms with Gasteiger partial charge < -0.3 is 21.1 Å². The van der Waals surface area contributed by atoms with Crippen LogP contribution in [0.25, 0.3) is 0 Å². The molecule has 0 aliphatic heterocycles. The van der Waals surface area contributed by atoms with Gasteiger partial charge in [0.15, 0.2) is 12.6 Å². The Balaban J connectivity index is 1.93. The number of nitrogens with two attached hydrogens (primary N) is 2. The van der Waals surface area contributed by atoms with E-state index in [4.69, 9.17) is 16.2 Å². The van der Waals surface area contributed by atoms with Crippen LogP contribution in [0.1, 0.15) is 18.4 Å². The number of benzene rings is 1. The second-order valence-corrected chi connectivity index (χ2v) is 4.92. The van der Waals surface area contributed by atoms with Crippen LogP contribution in [0, 0.1) is 0 Å². The smallest absolute Gasteiger partial charge is 0.255 e. The molecule has 1 aromatic carbocycles. The lowest BCUT2D eigenvalue weighted by atomic mass is 10.2. The van der Waals surface area contributed by atoms with E-state index in [-0.39, 0.29) is 6.61 Å². The van der Waals surface area contributed by atoms with Crippen molar-refractivity contribution in [2.45, 2.75) is 25.4 Å². The van der Waals surface area contributed by atoms with Crippen LogP contribution in [0.4, 0.5) is 0 Å². The molecule has 108 valence electrons. The van der Waals surface area contributed by atoms with Gasteiger partial charge in [-0.15, -0.1) is 0 Å². The van der Waals surface area contributed by atoms with Crippen molar-refractivity contribution in [3.05, 3.63) is 29.8 Å². The van der Waals surface area contributed by atoms with E-state index in [0.717, 1.165) is 5.56 Å². The minimum atomic E-state index is -0.497. The Kier molecular flexibility index (Phi) is 4.45. The summed E-state index contributed by atoms with van der Waals surface area (Å²) in [4.78, 5) is 17.0. The van der Waals surface area contributed by atoms with Gasteiger partial charge in [-0.3, -0.25) is 4.79 Å². The molecule has 0 aromatic heterocycles. The highest BCUT2D eigenvalue weighted by Crippen LogP contribution is 2.25. The molecule has 0 heterocycles. The zero-order valence-corrected chi connectivity index (χ0v) is 11.6. The summed E-state index contributed by atoms with van der Waals surface area (Å²) in [5.74, 6) is 0.658. The Hall–Kier alpha value is -2.24. The van der Waals surface area contributed by atoms with Crippen molar-refractivity contribution in [2.75, 3.05) is 13.7 Å². The van der Waals surface area contributed by atoms with Crippen LogP contribution >= 0.6 is 0 Å². The van der Waals surface area contributed by atoms with Crippen molar-refractivity contribution < 1.29 is 9.53 Å². The maximum atomic E-state index is 10.7. The second kappa shape index (κ2) is 6.27. The molecule has 2 rings (SSSR count). The van der Waals surface area contributed by atoms with Gasteiger partial charge in [-0.25, -0.2) is 4.99 Å². The number of ether oxygens (including phenoxy) is 1. The van der Waals surface area contributed by atoms with E-state index in [1.54, 1.807) is 6.07 Å². The van der Waals surface area contributed by atoms with E-state index in [1.165, 1.54) is 12.8 Å². The van der Waals surface area contributed by atoms with Gasteiger partial charge in [-0.1, -0.05) is 12.1 Å². The molecule has 1 fully saturated rings. The molecule has 0 spiro atoms. The van der Waals surface area contributed by atoms with Gasteiger partial charge in [0.2, 0.25) is 0 Å². The third kappa shape index (κ3) is 4.15. The highest BCUT2D eigenvalue weighted by atomic mass is 16.5. The SMILES string of the molecule is CN(C(N)=NCc1cccc(OCC(N)=O)c1)C1CC1. The van der Waals surface area contributed by atoms with Gasteiger partial charge in [-0.2, -0.15) is 0 Å². The van der Waals surface area contributed by atoms with Crippen LogP contribution in [-0.4, -0.2) is 36.5 Å². The summed E-state index contributed by atoms with van der Waals surface area (Å²) in [5.41, 5.74) is 11.9. The van der Waals surface area contributed by atoms with Crippen molar-refractivity contribution in [3.63, 3.8) is 0 Å². The molecule has 1 aromatic rings. The zero-order chi connectivity index (χ0) is 14.5. The van der Waals surface area contributed by atoms with E-state index in [2.05, 4.69) is 4.99 Å². The van der Waals surface area contributed by atoms with Crippen LogP contribution in [0.3, 0.4) is 0 Å². The number of rotatable bonds is 6. The summed E-state index contributed by atoms with van der Waals surface area (Å²) in [7, 11) is 1.96. The van der Waals surface area contributed by atoms with Gasteiger partial charge in [0, 0.05) is 13.1 Å². The Bertz CT molecular complexity index is 512. The lowest BCUT2D eigenvalue weighted by Crippen LogP contribution is -2.35. The summed E-state index contributed by atoms with van der Waals surface area (Å²) in [6.45, 7) is 0.357. The van der Waals surface area contributed by atoms with Crippen LogP contribution in [-0.2, 0) is 11.3 Å². The van der Waals surface area contributed by atoms with E-state index in [1.807, 2.05) is 30.1 Å². The maximum absolute atomic E-state index is 10.7. The number of hydrogen-bond acceptors (Lipinski definition) is 3. The molecular weight excluding hydrogens is 256 g/mol. The van der Waals surface area contributed by atoms with Gasteiger partial charge in [0.1, 0.15) is 5.75 Å². The summed E-state index contributed by atoms with van der Waals surface area (Å²) in [6.07, 6.45) is 2.37. The minimum absolute atomic E-state index is 0.126. The number of carbonyl (C=O) groups is 1. The summed E-state index contributed by atoms with van der Waals surface area (Å²) < 4.78 is 5.25. The van der Waals surface area contributed by atoms with Crippen molar-refractivity contribution in [2.24, 2.45) is 16.5 Å². The first-order chi connectivity index (χ1) is 9.56. The standard InChI is InChI=1S/C14H20N4O2/c1-18(11-5-6-11)14(16)17-8-10-3-2-4-12(7-10)20-9-13(15)19/h2-4,7,11H,5-6,8-9H2,1H3,(H2,15,19)(H2,16,17). The van der Waals surface area contributed by atoms with E-state index in [0.29, 0.717) is 24.3 Å². The molecule has 0 unspecified atom stereocenters. The van der Waals surface area contributed by atoms with E-state index in [9.17, 15) is 4.79 Å². The quantitative estimate of drug-likeness (QED) is 0.583. The molecule has 20 heavy (non-hydrogen) atoms. The fraction of sp³-hybridized carbons (Fsp3) is 0.429. The topological polar surface area (TPSA) is 93.9 Å². The molecule has 0 saturated heterocycles. The minimum Gasteiger partial charge on any atom is -0.484 e. The molecular formula is C14H20N4O2. The fourth-order valence-electron chi connectivity index (χ4n) is 1.82. The first kappa shape index (κ1) is 14.2. The van der Waals surface area contributed by atoms with Crippen molar-refractivity contribution in [1.29, 1.82) is 0 Å². The van der Waals surface area contributed by atoms with Crippen LogP contribution in [0.5, 0.6) is 5.75 Å². The molecule has 0 atom stereocenters. The predicted octanol–water partition coefficient (Wildman–Crippen LogP) is 0.460. The second-order valence-electron chi connectivity index (χ2n) is 4.92. The molecule has 6 nitrogen and oxygen atoms in total. The maximum Gasteiger partial charge on any atom is 0.255 e. The number of amides is 1. The van der Waals surface area contributed by atoms with Gasteiger partial charge in [0.05, 0.1) is 6.54 Å². The predicted molar refractivity (Wildman–Crippen MR) is 77.2 cm³/mol. The average Bonchev–Trinajstić information content (AvgIpc) is 3.26. The highest BCUT2D eigenvalue weighted by molar-refractivity contribution is 5.78. The third-order valence-electron chi connectivity index (χ3n) is 3.16. The highest BCUT2D eigenvalue weighted by Gasteiger charge is 2.27. The van der Waals surface area contributed by atoms with E-state index < -0.39 is 5.91 Å². The van der Waals surface area contributed by atoms with Gasteiger partial charge in [0.25, 0.3) is 5.91 Å². The molecule has 1 amide bonds. The van der Waals surface area contributed by atoms with Crippen LogP contribution in [0.15, 0.2) is 29.3 Å². The largest absolute Gasteiger partial charge is 0.484 e.